The lowest BCUT2D eigenvalue weighted by Crippen LogP contribution is -2.46. The van der Waals surface area contributed by atoms with Crippen molar-refractivity contribution in [2.24, 2.45) is 0 Å². The first-order valence-electron chi connectivity index (χ1n) is 9.32. The van der Waals surface area contributed by atoms with Gasteiger partial charge in [-0.25, -0.2) is 0 Å². The Bertz CT molecular complexity index is 567. The molecule has 2 aliphatic rings. The molecule has 2 fully saturated rings. The van der Waals surface area contributed by atoms with E-state index in [9.17, 15) is 4.79 Å². The summed E-state index contributed by atoms with van der Waals surface area (Å²) in [5.41, 5.74) is 4.11. The first kappa shape index (κ1) is 17.4. The summed E-state index contributed by atoms with van der Waals surface area (Å²) in [6, 6.07) is 7.22. The Balaban J connectivity index is 1.65. The van der Waals surface area contributed by atoms with E-state index in [1.54, 1.807) is 0 Å². The number of nitrogens with one attached hydrogen (secondary N) is 1. The third kappa shape index (κ3) is 4.17. The highest BCUT2D eigenvalue weighted by Crippen LogP contribution is 2.33. The first-order valence-corrected chi connectivity index (χ1v) is 9.32. The molecule has 4 heteroatoms. The summed E-state index contributed by atoms with van der Waals surface area (Å²) in [6.45, 7) is 7.43. The molecular formula is C20H30N2O2. The van der Waals surface area contributed by atoms with Gasteiger partial charge in [0.25, 0.3) is 0 Å². The van der Waals surface area contributed by atoms with E-state index in [-0.39, 0.29) is 11.9 Å². The van der Waals surface area contributed by atoms with Crippen LogP contribution >= 0.6 is 0 Å². The molecule has 1 amide bonds. The fraction of sp³-hybridized carbons (Fsp3) is 0.650. The van der Waals surface area contributed by atoms with Crippen molar-refractivity contribution in [3.63, 3.8) is 0 Å². The van der Waals surface area contributed by atoms with Gasteiger partial charge in [0.15, 0.2) is 0 Å². The summed E-state index contributed by atoms with van der Waals surface area (Å²) in [5, 5.41) is 3.20. The van der Waals surface area contributed by atoms with Crippen LogP contribution in [0.15, 0.2) is 18.2 Å². The zero-order valence-electron chi connectivity index (χ0n) is 15.0. The highest BCUT2D eigenvalue weighted by Gasteiger charge is 2.27. The van der Waals surface area contributed by atoms with Gasteiger partial charge in [0.2, 0.25) is 5.91 Å². The predicted octanol–water partition coefficient (Wildman–Crippen LogP) is 3.13. The van der Waals surface area contributed by atoms with Crippen molar-refractivity contribution in [3.8, 4) is 0 Å². The second kappa shape index (κ2) is 8.13. The van der Waals surface area contributed by atoms with Gasteiger partial charge in [-0.3, -0.25) is 9.69 Å². The molecule has 24 heavy (non-hydrogen) atoms. The number of nitrogens with zero attached hydrogens (tertiary/aromatic N) is 1. The van der Waals surface area contributed by atoms with Crippen molar-refractivity contribution in [1.82, 2.24) is 10.2 Å². The third-order valence-electron chi connectivity index (χ3n) is 5.55. The number of carbonyl (C=O) groups is 1. The number of amides is 1. The highest BCUT2D eigenvalue weighted by atomic mass is 16.5. The summed E-state index contributed by atoms with van der Waals surface area (Å²) >= 11 is 0. The zero-order chi connectivity index (χ0) is 16.9. The Hall–Kier alpha value is -1.39. The highest BCUT2D eigenvalue weighted by molar-refractivity contribution is 5.78. The average molecular weight is 330 g/mol. The van der Waals surface area contributed by atoms with Crippen LogP contribution in [0, 0.1) is 13.8 Å². The van der Waals surface area contributed by atoms with Crippen molar-refractivity contribution in [2.75, 3.05) is 26.3 Å². The molecule has 2 heterocycles. The van der Waals surface area contributed by atoms with Gasteiger partial charge in [-0.2, -0.15) is 0 Å². The van der Waals surface area contributed by atoms with Crippen molar-refractivity contribution in [1.29, 1.82) is 0 Å². The van der Waals surface area contributed by atoms with Crippen molar-refractivity contribution < 1.29 is 9.53 Å². The smallest absolute Gasteiger partial charge is 0.234 e. The summed E-state index contributed by atoms with van der Waals surface area (Å²) in [6.07, 6.45) is 5.45. The van der Waals surface area contributed by atoms with E-state index in [2.05, 4.69) is 42.3 Å². The molecule has 1 aromatic rings. The molecule has 0 aliphatic carbocycles. The van der Waals surface area contributed by atoms with Crippen LogP contribution < -0.4 is 5.32 Å². The summed E-state index contributed by atoms with van der Waals surface area (Å²) < 4.78 is 5.37. The predicted molar refractivity (Wildman–Crippen MR) is 96.1 cm³/mol. The van der Waals surface area contributed by atoms with Crippen molar-refractivity contribution in [3.05, 3.63) is 34.9 Å². The third-order valence-corrected chi connectivity index (χ3v) is 5.55. The van der Waals surface area contributed by atoms with Gasteiger partial charge in [0.1, 0.15) is 0 Å². The number of aryl methyl sites for hydroxylation is 1. The van der Waals surface area contributed by atoms with Gasteiger partial charge in [0.05, 0.1) is 6.54 Å². The largest absolute Gasteiger partial charge is 0.381 e. The SMILES string of the molecule is Cc1cccc([C@@H]2CCCCN2CC(=O)NC2CCOCC2)c1C. The van der Waals surface area contributed by atoms with Gasteiger partial charge in [0, 0.05) is 25.3 Å². The van der Waals surface area contributed by atoms with Crippen molar-refractivity contribution in [2.45, 2.75) is 58.0 Å². The molecule has 1 N–H and O–H groups in total. The molecule has 0 bridgehead atoms. The fourth-order valence-electron chi connectivity index (χ4n) is 3.97. The molecule has 0 radical (unpaired) electrons. The zero-order valence-corrected chi connectivity index (χ0v) is 15.0. The molecule has 0 aromatic heterocycles. The van der Waals surface area contributed by atoms with Crippen LogP contribution in [0.3, 0.4) is 0 Å². The maximum absolute atomic E-state index is 12.5. The number of ether oxygens (including phenoxy) is 1. The minimum atomic E-state index is 0.166. The quantitative estimate of drug-likeness (QED) is 0.922. The normalized spacial score (nSPS) is 23.2. The number of likely N-dealkylation sites (tertiary alicyclic amines) is 1. The number of hydrogen-bond donors (Lipinski definition) is 1. The lowest BCUT2D eigenvalue weighted by atomic mass is 9.90. The lowest BCUT2D eigenvalue weighted by molar-refractivity contribution is -0.124. The number of hydrogen-bond acceptors (Lipinski definition) is 3. The second-order valence-electron chi connectivity index (χ2n) is 7.23. The molecule has 4 nitrogen and oxygen atoms in total. The minimum Gasteiger partial charge on any atom is -0.381 e. The monoisotopic (exact) mass is 330 g/mol. The van der Waals surface area contributed by atoms with E-state index in [0.29, 0.717) is 12.6 Å². The molecule has 3 rings (SSSR count). The van der Waals surface area contributed by atoms with E-state index in [4.69, 9.17) is 4.74 Å². The molecule has 0 unspecified atom stereocenters. The van der Waals surface area contributed by atoms with E-state index in [0.717, 1.165) is 39.0 Å². The average Bonchev–Trinajstić information content (AvgIpc) is 2.59. The van der Waals surface area contributed by atoms with E-state index >= 15 is 0 Å². The van der Waals surface area contributed by atoms with E-state index < -0.39 is 0 Å². The van der Waals surface area contributed by atoms with Crippen LogP contribution in [0.2, 0.25) is 0 Å². The molecule has 1 aromatic carbocycles. The fourth-order valence-corrected chi connectivity index (χ4v) is 3.97. The Labute approximate surface area is 145 Å². The molecule has 0 spiro atoms. The number of rotatable bonds is 4. The van der Waals surface area contributed by atoms with Crippen LogP contribution in [-0.4, -0.2) is 43.2 Å². The van der Waals surface area contributed by atoms with E-state index in [1.807, 2.05) is 0 Å². The van der Waals surface area contributed by atoms with Crippen LogP contribution in [0.5, 0.6) is 0 Å². The molecular weight excluding hydrogens is 300 g/mol. The molecule has 0 saturated carbocycles. The van der Waals surface area contributed by atoms with Gasteiger partial charge >= 0.3 is 0 Å². The molecule has 1 atom stereocenters. The van der Waals surface area contributed by atoms with E-state index in [1.165, 1.54) is 29.5 Å². The van der Waals surface area contributed by atoms with Crippen LogP contribution in [0.4, 0.5) is 0 Å². The Morgan fingerprint density at radius 3 is 2.79 bits per heavy atom. The summed E-state index contributed by atoms with van der Waals surface area (Å²) in [4.78, 5) is 14.9. The van der Waals surface area contributed by atoms with Crippen LogP contribution in [0.25, 0.3) is 0 Å². The lowest BCUT2D eigenvalue weighted by Gasteiger charge is -2.37. The standard InChI is InChI=1S/C20H30N2O2/c1-15-6-5-7-18(16(15)2)19-8-3-4-11-22(19)14-20(23)21-17-9-12-24-13-10-17/h5-7,17,19H,3-4,8-14H2,1-2H3,(H,21,23)/t19-/m0/s1. The number of benzene rings is 1. The first-order chi connectivity index (χ1) is 11.6. The van der Waals surface area contributed by atoms with Gasteiger partial charge in [-0.1, -0.05) is 24.6 Å². The Morgan fingerprint density at radius 1 is 1.21 bits per heavy atom. The maximum atomic E-state index is 12.5. The van der Waals surface area contributed by atoms with Gasteiger partial charge in [-0.05, 0) is 62.8 Å². The Kier molecular flexibility index (Phi) is 5.90. The van der Waals surface area contributed by atoms with Gasteiger partial charge in [-0.15, -0.1) is 0 Å². The van der Waals surface area contributed by atoms with Crippen LogP contribution in [0.1, 0.15) is 54.8 Å². The summed E-state index contributed by atoms with van der Waals surface area (Å²) in [7, 11) is 0. The Morgan fingerprint density at radius 2 is 2.00 bits per heavy atom. The summed E-state index contributed by atoms with van der Waals surface area (Å²) in [5.74, 6) is 0.166. The number of carbonyl (C=O) groups excluding carboxylic acids is 1. The second-order valence-corrected chi connectivity index (χ2v) is 7.23. The van der Waals surface area contributed by atoms with Gasteiger partial charge < -0.3 is 10.1 Å². The maximum Gasteiger partial charge on any atom is 0.234 e. The topological polar surface area (TPSA) is 41.6 Å². The molecule has 2 saturated heterocycles. The minimum absolute atomic E-state index is 0.166. The molecule has 2 aliphatic heterocycles. The molecule has 132 valence electrons. The number of piperidine rings is 1. The van der Waals surface area contributed by atoms with Crippen LogP contribution in [-0.2, 0) is 9.53 Å². The van der Waals surface area contributed by atoms with Crippen molar-refractivity contribution >= 4 is 5.91 Å².